The summed E-state index contributed by atoms with van der Waals surface area (Å²) < 4.78 is 58.6. The fourth-order valence-corrected chi connectivity index (χ4v) is 2.75. The Morgan fingerprint density at radius 2 is 1.41 bits per heavy atom. The molecule has 0 spiro atoms. The summed E-state index contributed by atoms with van der Waals surface area (Å²) in [6.07, 6.45) is 0.401. The number of hydrogen-bond acceptors (Lipinski definition) is 3. The molecule has 1 aliphatic heterocycles. The molecule has 0 amide bonds. The molecule has 27 heavy (non-hydrogen) atoms. The predicted octanol–water partition coefficient (Wildman–Crippen LogP) is 4.02. The van der Waals surface area contributed by atoms with Gasteiger partial charge in [0.15, 0.2) is 17.4 Å². The number of benzene rings is 2. The van der Waals surface area contributed by atoms with Crippen molar-refractivity contribution in [2.24, 2.45) is 0 Å². The van der Waals surface area contributed by atoms with Gasteiger partial charge < -0.3 is 14.0 Å². The molecule has 7 heteroatoms. The van der Waals surface area contributed by atoms with Gasteiger partial charge in [-0.1, -0.05) is 12.1 Å². The molecule has 1 fully saturated rings. The van der Waals surface area contributed by atoms with Crippen molar-refractivity contribution in [1.82, 2.24) is 0 Å². The van der Waals surface area contributed by atoms with Crippen molar-refractivity contribution in [3.8, 4) is 5.75 Å². The van der Waals surface area contributed by atoms with Crippen molar-refractivity contribution < 1.29 is 27.2 Å². The molecule has 1 heterocycles. The van der Waals surface area contributed by atoms with E-state index in [0.717, 1.165) is 5.56 Å². The highest BCUT2D eigenvalue weighted by Crippen LogP contribution is 2.36. The van der Waals surface area contributed by atoms with Crippen molar-refractivity contribution in [3.05, 3.63) is 59.4 Å². The lowest BCUT2D eigenvalue weighted by Crippen LogP contribution is -2.41. The molecule has 0 N–H and O–H groups in total. The zero-order valence-corrected chi connectivity index (χ0v) is 15.8. The molecule has 144 valence electrons. The second-order valence-electron chi connectivity index (χ2n) is 7.63. The van der Waals surface area contributed by atoms with Crippen molar-refractivity contribution in [1.29, 1.82) is 0 Å². The number of hydrogen-bond donors (Lipinski definition) is 0. The average Bonchev–Trinajstić information content (AvgIpc) is 2.79. The SMILES string of the molecule is CC1(C)OB(c2cc(F)c(OCCc3ccc(F)cc3)c(F)c2)OC1(C)C. The van der Waals surface area contributed by atoms with Gasteiger partial charge in [-0.05, 0) is 63.0 Å². The Hall–Kier alpha value is -1.99. The summed E-state index contributed by atoms with van der Waals surface area (Å²) in [5.74, 6) is -2.43. The van der Waals surface area contributed by atoms with Crippen LogP contribution in [0.25, 0.3) is 0 Å². The van der Waals surface area contributed by atoms with Gasteiger partial charge in [0.2, 0.25) is 0 Å². The molecule has 0 aliphatic carbocycles. The second kappa shape index (κ2) is 7.21. The van der Waals surface area contributed by atoms with Crippen molar-refractivity contribution in [2.45, 2.75) is 45.3 Å². The first-order valence-electron chi connectivity index (χ1n) is 8.81. The van der Waals surface area contributed by atoms with E-state index in [1.54, 1.807) is 12.1 Å². The monoisotopic (exact) mass is 378 g/mol. The Labute approximate surface area is 157 Å². The number of halogens is 3. The molecule has 0 aromatic heterocycles. The third kappa shape index (κ3) is 4.14. The Morgan fingerprint density at radius 1 is 0.889 bits per heavy atom. The molecule has 0 unspecified atom stereocenters. The van der Waals surface area contributed by atoms with Gasteiger partial charge in [0, 0.05) is 6.42 Å². The molecule has 1 aliphatic rings. The van der Waals surface area contributed by atoms with E-state index in [1.165, 1.54) is 24.3 Å². The van der Waals surface area contributed by atoms with E-state index in [9.17, 15) is 13.2 Å². The minimum absolute atomic E-state index is 0.0648. The van der Waals surface area contributed by atoms with Crippen LogP contribution in [0.15, 0.2) is 36.4 Å². The van der Waals surface area contributed by atoms with Crippen molar-refractivity contribution in [3.63, 3.8) is 0 Å². The molecule has 0 bridgehead atoms. The summed E-state index contributed by atoms with van der Waals surface area (Å²) in [7, 11) is -0.854. The molecule has 0 radical (unpaired) electrons. The van der Waals surface area contributed by atoms with Crippen LogP contribution >= 0.6 is 0 Å². The third-order valence-electron chi connectivity index (χ3n) is 5.10. The summed E-state index contributed by atoms with van der Waals surface area (Å²) in [5, 5.41) is 0. The lowest BCUT2D eigenvalue weighted by Gasteiger charge is -2.32. The van der Waals surface area contributed by atoms with E-state index in [4.69, 9.17) is 14.0 Å². The third-order valence-corrected chi connectivity index (χ3v) is 5.10. The fourth-order valence-electron chi connectivity index (χ4n) is 2.75. The van der Waals surface area contributed by atoms with Gasteiger partial charge >= 0.3 is 7.12 Å². The number of rotatable bonds is 5. The van der Waals surface area contributed by atoms with Gasteiger partial charge in [-0.3, -0.25) is 0 Å². The maximum absolute atomic E-state index is 14.4. The van der Waals surface area contributed by atoms with Crippen LogP contribution < -0.4 is 10.2 Å². The summed E-state index contributed by atoms with van der Waals surface area (Å²) >= 11 is 0. The minimum atomic E-state index is -0.854. The van der Waals surface area contributed by atoms with Crippen LogP contribution in [0.5, 0.6) is 5.75 Å². The average molecular weight is 378 g/mol. The molecular formula is C20H22BF3O3. The molecule has 2 aromatic rings. The van der Waals surface area contributed by atoms with Gasteiger partial charge in [0.1, 0.15) is 5.82 Å². The zero-order valence-electron chi connectivity index (χ0n) is 15.8. The second-order valence-corrected chi connectivity index (χ2v) is 7.63. The van der Waals surface area contributed by atoms with Gasteiger partial charge in [0.05, 0.1) is 17.8 Å². The highest BCUT2D eigenvalue weighted by molar-refractivity contribution is 6.62. The minimum Gasteiger partial charge on any atom is -0.487 e. The summed E-state index contributed by atoms with van der Waals surface area (Å²) in [6.45, 7) is 7.54. The summed E-state index contributed by atoms with van der Waals surface area (Å²) in [4.78, 5) is 0. The van der Waals surface area contributed by atoms with Crippen LogP contribution in [-0.2, 0) is 15.7 Å². The van der Waals surface area contributed by atoms with Crippen molar-refractivity contribution in [2.75, 3.05) is 6.61 Å². The Balaban J connectivity index is 1.69. The molecule has 3 nitrogen and oxygen atoms in total. The Bertz CT molecular complexity index is 783. The molecule has 1 saturated heterocycles. The van der Waals surface area contributed by atoms with Crippen LogP contribution in [0.2, 0.25) is 0 Å². The summed E-state index contributed by atoms with van der Waals surface area (Å²) in [6, 6.07) is 8.20. The van der Waals surface area contributed by atoms with E-state index in [2.05, 4.69) is 0 Å². The Morgan fingerprint density at radius 3 is 1.93 bits per heavy atom. The van der Waals surface area contributed by atoms with Crippen LogP contribution in [0.3, 0.4) is 0 Å². The largest absolute Gasteiger partial charge is 0.495 e. The van der Waals surface area contributed by atoms with Gasteiger partial charge in [-0.2, -0.15) is 0 Å². The highest BCUT2D eigenvalue weighted by Gasteiger charge is 2.52. The standard InChI is InChI=1S/C20H22BF3O3/c1-19(2)20(3,4)27-21(26-19)14-11-16(23)18(17(24)12-14)25-10-9-13-5-7-15(22)8-6-13/h5-8,11-12H,9-10H2,1-4H3. The van der Waals surface area contributed by atoms with E-state index in [-0.39, 0.29) is 17.9 Å². The quantitative estimate of drug-likeness (QED) is 0.736. The topological polar surface area (TPSA) is 27.7 Å². The predicted molar refractivity (Wildman–Crippen MR) is 97.7 cm³/mol. The Kier molecular flexibility index (Phi) is 5.28. The van der Waals surface area contributed by atoms with E-state index < -0.39 is 35.7 Å². The lowest BCUT2D eigenvalue weighted by molar-refractivity contribution is 0.00578. The summed E-state index contributed by atoms with van der Waals surface area (Å²) in [5.41, 5.74) is -0.134. The first kappa shape index (κ1) is 19.8. The highest BCUT2D eigenvalue weighted by atomic mass is 19.1. The van der Waals surface area contributed by atoms with Crippen molar-refractivity contribution >= 4 is 12.6 Å². The first-order chi connectivity index (χ1) is 12.6. The van der Waals surface area contributed by atoms with E-state index in [0.29, 0.717) is 6.42 Å². The molecule has 3 rings (SSSR count). The van der Waals surface area contributed by atoms with Gasteiger partial charge in [0.25, 0.3) is 0 Å². The van der Waals surface area contributed by atoms with Crippen LogP contribution in [-0.4, -0.2) is 24.9 Å². The zero-order chi connectivity index (χ0) is 19.8. The lowest BCUT2D eigenvalue weighted by atomic mass is 9.79. The smallest absolute Gasteiger partial charge is 0.487 e. The molecule has 2 aromatic carbocycles. The maximum Gasteiger partial charge on any atom is 0.495 e. The molecule has 0 atom stereocenters. The van der Waals surface area contributed by atoms with E-state index >= 15 is 0 Å². The van der Waals surface area contributed by atoms with Crippen LogP contribution in [0, 0.1) is 17.5 Å². The maximum atomic E-state index is 14.4. The van der Waals surface area contributed by atoms with Crippen LogP contribution in [0.1, 0.15) is 33.3 Å². The van der Waals surface area contributed by atoms with Gasteiger partial charge in [-0.25, -0.2) is 13.2 Å². The van der Waals surface area contributed by atoms with Crippen LogP contribution in [0.4, 0.5) is 13.2 Å². The normalized spacial score (nSPS) is 18.0. The van der Waals surface area contributed by atoms with Gasteiger partial charge in [-0.15, -0.1) is 0 Å². The molecule has 0 saturated carbocycles. The fraction of sp³-hybridized carbons (Fsp3) is 0.400. The first-order valence-corrected chi connectivity index (χ1v) is 8.81. The molecular weight excluding hydrogens is 356 g/mol. The van der Waals surface area contributed by atoms with E-state index in [1.807, 2.05) is 27.7 Å². The number of ether oxygens (including phenoxy) is 1.